The van der Waals surface area contributed by atoms with Gasteiger partial charge in [0.15, 0.2) is 5.82 Å². The number of halogens is 4. The summed E-state index contributed by atoms with van der Waals surface area (Å²) < 4.78 is 36.1. The molecule has 1 atom stereocenters. The van der Waals surface area contributed by atoms with Gasteiger partial charge in [-0.15, -0.1) is 0 Å². The fourth-order valence-corrected chi connectivity index (χ4v) is 0.815. The first-order valence-corrected chi connectivity index (χ1v) is 3.93. The van der Waals surface area contributed by atoms with E-state index in [0.29, 0.717) is 4.47 Å². The first-order valence-electron chi connectivity index (χ1n) is 3.13. The molecule has 1 heterocycles. The maximum absolute atomic E-state index is 11.9. The summed E-state index contributed by atoms with van der Waals surface area (Å²) in [4.78, 5) is 6.63. The van der Waals surface area contributed by atoms with E-state index in [1.54, 1.807) is 0 Å². The van der Waals surface area contributed by atoms with E-state index in [-0.39, 0.29) is 0 Å². The van der Waals surface area contributed by atoms with Gasteiger partial charge in [-0.05, 0) is 15.9 Å². The Morgan fingerprint density at radius 1 is 1.31 bits per heavy atom. The van der Waals surface area contributed by atoms with Crippen molar-refractivity contribution in [3.05, 3.63) is 22.7 Å². The Bertz CT molecular complexity index is 287. The fraction of sp³-hybridized carbons (Fsp3) is 0.333. The number of hydrogen-bond acceptors (Lipinski definition) is 3. The van der Waals surface area contributed by atoms with E-state index in [1.165, 1.54) is 0 Å². The van der Waals surface area contributed by atoms with Crippen molar-refractivity contribution < 1.29 is 18.3 Å². The van der Waals surface area contributed by atoms with Crippen molar-refractivity contribution >= 4 is 15.9 Å². The number of aliphatic hydroxyl groups excluding tert-OH is 1. The molecule has 0 aromatic carbocycles. The van der Waals surface area contributed by atoms with Crippen LogP contribution in [0.2, 0.25) is 0 Å². The number of aliphatic hydroxyl groups is 1. The van der Waals surface area contributed by atoms with Crippen molar-refractivity contribution in [2.24, 2.45) is 0 Å². The van der Waals surface area contributed by atoms with Crippen LogP contribution in [0.5, 0.6) is 0 Å². The van der Waals surface area contributed by atoms with Crippen LogP contribution in [0.1, 0.15) is 11.9 Å². The van der Waals surface area contributed by atoms with Crippen LogP contribution in [0.25, 0.3) is 0 Å². The van der Waals surface area contributed by atoms with E-state index in [4.69, 9.17) is 5.11 Å². The predicted molar refractivity (Wildman–Crippen MR) is 40.7 cm³/mol. The van der Waals surface area contributed by atoms with Crippen LogP contribution in [0, 0.1) is 0 Å². The van der Waals surface area contributed by atoms with Crippen LogP contribution < -0.4 is 0 Å². The van der Waals surface area contributed by atoms with Gasteiger partial charge in [-0.1, -0.05) is 0 Å². The lowest BCUT2D eigenvalue weighted by atomic mass is 10.3. The maximum Gasteiger partial charge on any atom is 0.421 e. The smallest absolute Gasteiger partial charge is 0.377 e. The van der Waals surface area contributed by atoms with Crippen LogP contribution >= 0.6 is 15.9 Å². The van der Waals surface area contributed by atoms with Crippen LogP contribution in [0.4, 0.5) is 13.2 Å². The molecular formula is C6H4BrF3N2O. The Labute approximate surface area is 79.8 Å². The second-order valence-corrected chi connectivity index (χ2v) is 3.12. The van der Waals surface area contributed by atoms with Crippen molar-refractivity contribution in [3.8, 4) is 0 Å². The Hall–Kier alpha value is -0.690. The predicted octanol–water partition coefficient (Wildman–Crippen LogP) is 1.83. The molecule has 0 aliphatic heterocycles. The second-order valence-electron chi connectivity index (χ2n) is 2.20. The largest absolute Gasteiger partial charge is 0.421 e. The van der Waals surface area contributed by atoms with Crippen LogP contribution in [-0.4, -0.2) is 21.3 Å². The van der Waals surface area contributed by atoms with E-state index in [9.17, 15) is 13.2 Å². The molecule has 0 unspecified atom stereocenters. The molecule has 1 aromatic rings. The molecule has 1 N–H and O–H groups in total. The molecule has 0 aliphatic rings. The Balaban J connectivity index is 2.90. The zero-order valence-corrected chi connectivity index (χ0v) is 7.67. The van der Waals surface area contributed by atoms with Gasteiger partial charge in [0.1, 0.15) is 0 Å². The Kier molecular flexibility index (Phi) is 2.87. The van der Waals surface area contributed by atoms with Gasteiger partial charge in [-0.3, -0.25) is 0 Å². The van der Waals surface area contributed by atoms with Crippen molar-refractivity contribution in [1.29, 1.82) is 0 Å². The van der Waals surface area contributed by atoms with Gasteiger partial charge < -0.3 is 5.11 Å². The normalized spacial score (nSPS) is 14.2. The van der Waals surface area contributed by atoms with Crippen molar-refractivity contribution in [3.63, 3.8) is 0 Å². The summed E-state index contributed by atoms with van der Waals surface area (Å²) in [5, 5.41) is 8.68. The first kappa shape index (κ1) is 10.4. The summed E-state index contributed by atoms with van der Waals surface area (Å²) in [6.45, 7) is 0. The van der Waals surface area contributed by atoms with E-state index in [1.807, 2.05) is 0 Å². The molecule has 0 saturated carbocycles. The monoisotopic (exact) mass is 256 g/mol. The third-order valence-corrected chi connectivity index (χ3v) is 1.60. The minimum Gasteiger partial charge on any atom is -0.377 e. The standard InChI is InChI=1S/C6H4BrF3N2O/c7-3-1-11-5(12-2-3)4(13)6(8,9)10/h1-2,4,13H/t4-/m1/s1. The summed E-state index contributed by atoms with van der Waals surface area (Å²) >= 11 is 2.96. The number of nitrogens with zero attached hydrogens (tertiary/aromatic N) is 2. The molecule has 1 rings (SSSR count). The molecule has 13 heavy (non-hydrogen) atoms. The molecule has 0 radical (unpaired) electrons. The number of alkyl halides is 3. The lowest BCUT2D eigenvalue weighted by Crippen LogP contribution is -2.22. The zero-order valence-electron chi connectivity index (χ0n) is 6.09. The highest BCUT2D eigenvalue weighted by atomic mass is 79.9. The van der Waals surface area contributed by atoms with Gasteiger partial charge >= 0.3 is 6.18 Å². The molecule has 0 spiro atoms. The fourth-order valence-electron chi connectivity index (χ4n) is 0.610. The number of hydrogen-bond donors (Lipinski definition) is 1. The highest BCUT2D eigenvalue weighted by molar-refractivity contribution is 9.10. The minimum atomic E-state index is -4.73. The van der Waals surface area contributed by atoms with Gasteiger partial charge in [-0.25, -0.2) is 9.97 Å². The van der Waals surface area contributed by atoms with E-state index < -0.39 is 18.1 Å². The lowest BCUT2D eigenvalue weighted by molar-refractivity contribution is -0.209. The molecule has 3 nitrogen and oxygen atoms in total. The maximum atomic E-state index is 11.9. The van der Waals surface area contributed by atoms with Gasteiger partial charge in [0.05, 0.1) is 4.47 Å². The lowest BCUT2D eigenvalue weighted by Gasteiger charge is -2.12. The van der Waals surface area contributed by atoms with Crippen molar-refractivity contribution in [2.45, 2.75) is 12.3 Å². The molecule has 1 aromatic heterocycles. The third-order valence-electron chi connectivity index (χ3n) is 1.19. The van der Waals surface area contributed by atoms with E-state index in [2.05, 4.69) is 25.9 Å². The van der Waals surface area contributed by atoms with E-state index in [0.717, 1.165) is 12.4 Å². The van der Waals surface area contributed by atoms with Gasteiger partial charge in [0, 0.05) is 12.4 Å². The average molecular weight is 257 g/mol. The molecule has 0 aliphatic carbocycles. The van der Waals surface area contributed by atoms with E-state index >= 15 is 0 Å². The third kappa shape index (κ3) is 2.63. The molecule has 0 saturated heterocycles. The highest BCUT2D eigenvalue weighted by Crippen LogP contribution is 2.30. The van der Waals surface area contributed by atoms with Crippen molar-refractivity contribution in [2.75, 3.05) is 0 Å². The molecule has 7 heteroatoms. The van der Waals surface area contributed by atoms with Crippen LogP contribution in [-0.2, 0) is 0 Å². The van der Waals surface area contributed by atoms with Gasteiger partial charge in [-0.2, -0.15) is 13.2 Å². The molecule has 72 valence electrons. The summed E-state index contributed by atoms with van der Waals surface area (Å²) in [7, 11) is 0. The topological polar surface area (TPSA) is 46.0 Å². The highest BCUT2D eigenvalue weighted by Gasteiger charge is 2.41. The first-order chi connectivity index (χ1) is 5.91. The SMILES string of the molecule is O[C@H](c1ncc(Br)cn1)C(F)(F)F. The summed E-state index contributed by atoms with van der Waals surface area (Å²) in [5.41, 5.74) is 0. The summed E-state index contributed by atoms with van der Waals surface area (Å²) in [5.74, 6) is -0.657. The Morgan fingerprint density at radius 2 is 1.77 bits per heavy atom. The number of rotatable bonds is 1. The quantitative estimate of drug-likeness (QED) is 0.834. The van der Waals surface area contributed by atoms with Gasteiger partial charge in [0.2, 0.25) is 6.10 Å². The minimum absolute atomic E-state index is 0.450. The van der Waals surface area contributed by atoms with Crippen molar-refractivity contribution in [1.82, 2.24) is 9.97 Å². The molecule has 0 amide bonds. The molecule has 0 bridgehead atoms. The average Bonchev–Trinajstić information content (AvgIpc) is 2.03. The van der Waals surface area contributed by atoms with Gasteiger partial charge in [0.25, 0.3) is 0 Å². The zero-order chi connectivity index (χ0) is 10.1. The second kappa shape index (κ2) is 3.59. The molecule has 0 fully saturated rings. The summed E-state index contributed by atoms with van der Waals surface area (Å²) in [6, 6.07) is 0. The molecular weight excluding hydrogens is 253 g/mol. The van der Waals surface area contributed by atoms with Crippen LogP contribution in [0.15, 0.2) is 16.9 Å². The Morgan fingerprint density at radius 3 is 2.15 bits per heavy atom. The summed E-state index contributed by atoms with van der Waals surface area (Å²) in [6.07, 6.45) is -5.08. The van der Waals surface area contributed by atoms with Crippen LogP contribution in [0.3, 0.4) is 0 Å². The number of aromatic nitrogens is 2.